The summed E-state index contributed by atoms with van der Waals surface area (Å²) in [4.78, 5) is 4.93. The molecule has 1 aromatic rings. The monoisotopic (exact) mass is 281 g/mol. The van der Waals surface area contributed by atoms with Crippen LogP contribution in [0.2, 0.25) is 0 Å². The van der Waals surface area contributed by atoms with Crippen molar-refractivity contribution in [2.45, 2.75) is 77.2 Å². The van der Waals surface area contributed by atoms with Gasteiger partial charge in [0.05, 0.1) is 5.69 Å². The lowest BCUT2D eigenvalue weighted by atomic mass is 9.92. The van der Waals surface area contributed by atoms with Gasteiger partial charge in [-0.15, -0.1) is 11.3 Å². The highest BCUT2D eigenvalue weighted by molar-refractivity contribution is 7.09. The summed E-state index contributed by atoms with van der Waals surface area (Å²) < 4.78 is 6.21. The SMILES string of the molecule is CCOC1(c2nc(C(C)(C)C)cs2)CCCCCC1. The maximum atomic E-state index is 6.21. The van der Waals surface area contributed by atoms with Gasteiger partial charge in [-0.3, -0.25) is 0 Å². The first-order valence-electron chi connectivity index (χ1n) is 7.58. The van der Waals surface area contributed by atoms with Crippen LogP contribution >= 0.6 is 11.3 Å². The zero-order valence-electron chi connectivity index (χ0n) is 12.8. The summed E-state index contributed by atoms with van der Waals surface area (Å²) in [5.41, 5.74) is 1.24. The number of aromatic nitrogens is 1. The minimum absolute atomic E-state index is 0.0978. The van der Waals surface area contributed by atoms with Crippen LogP contribution in [-0.2, 0) is 15.8 Å². The van der Waals surface area contributed by atoms with Crippen molar-refractivity contribution in [3.05, 3.63) is 16.1 Å². The number of rotatable bonds is 3. The molecule has 0 aromatic carbocycles. The molecule has 0 N–H and O–H groups in total. The van der Waals surface area contributed by atoms with Crippen molar-refractivity contribution >= 4 is 11.3 Å². The highest BCUT2D eigenvalue weighted by atomic mass is 32.1. The predicted octanol–water partition coefficient (Wildman–Crippen LogP) is 5.03. The number of hydrogen-bond donors (Lipinski definition) is 0. The molecule has 1 saturated carbocycles. The summed E-state index contributed by atoms with van der Waals surface area (Å²) in [6.07, 6.45) is 7.49. The van der Waals surface area contributed by atoms with E-state index in [0.29, 0.717) is 0 Å². The zero-order chi connectivity index (χ0) is 13.9. The van der Waals surface area contributed by atoms with Crippen LogP contribution in [0.5, 0.6) is 0 Å². The molecule has 0 amide bonds. The van der Waals surface area contributed by atoms with Crippen molar-refractivity contribution in [3.8, 4) is 0 Å². The molecule has 1 heterocycles. The standard InChI is InChI=1S/C16H27NOS/c1-5-18-16(10-8-6-7-9-11-16)14-17-13(12-19-14)15(2,3)4/h12H,5-11H2,1-4H3. The summed E-state index contributed by atoms with van der Waals surface area (Å²) in [5.74, 6) is 0. The number of nitrogens with zero attached hydrogens (tertiary/aromatic N) is 1. The summed E-state index contributed by atoms with van der Waals surface area (Å²) >= 11 is 1.79. The van der Waals surface area contributed by atoms with Gasteiger partial charge < -0.3 is 4.74 Å². The molecule has 0 atom stereocenters. The topological polar surface area (TPSA) is 22.1 Å². The fraction of sp³-hybridized carbons (Fsp3) is 0.812. The highest BCUT2D eigenvalue weighted by Gasteiger charge is 2.37. The molecule has 0 spiro atoms. The van der Waals surface area contributed by atoms with Gasteiger partial charge in [0.25, 0.3) is 0 Å². The molecule has 0 radical (unpaired) electrons. The van der Waals surface area contributed by atoms with Crippen molar-refractivity contribution in [1.82, 2.24) is 4.98 Å². The van der Waals surface area contributed by atoms with E-state index in [1.54, 1.807) is 11.3 Å². The molecule has 2 rings (SSSR count). The van der Waals surface area contributed by atoms with Gasteiger partial charge in [-0.25, -0.2) is 4.98 Å². The van der Waals surface area contributed by atoms with Crippen molar-refractivity contribution < 1.29 is 4.74 Å². The lowest BCUT2D eigenvalue weighted by molar-refractivity contribution is -0.0561. The Hall–Kier alpha value is -0.410. The minimum atomic E-state index is -0.0978. The average Bonchev–Trinajstić information content (AvgIpc) is 2.73. The molecular weight excluding hydrogens is 254 g/mol. The molecule has 2 nitrogen and oxygen atoms in total. The maximum absolute atomic E-state index is 6.21. The number of thiazole rings is 1. The van der Waals surface area contributed by atoms with E-state index in [2.05, 4.69) is 33.1 Å². The first-order chi connectivity index (χ1) is 8.98. The van der Waals surface area contributed by atoms with Gasteiger partial charge in [0.15, 0.2) is 0 Å². The summed E-state index contributed by atoms with van der Waals surface area (Å²) in [6, 6.07) is 0. The van der Waals surface area contributed by atoms with Crippen LogP contribution in [-0.4, -0.2) is 11.6 Å². The number of hydrogen-bond acceptors (Lipinski definition) is 3. The third-order valence-electron chi connectivity index (χ3n) is 3.99. The van der Waals surface area contributed by atoms with E-state index in [1.165, 1.54) is 36.4 Å². The lowest BCUT2D eigenvalue weighted by Gasteiger charge is -2.30. The fourth-order valence-electron chi connectivity index (χ4n) is 2.82. The Labute approximate surface area is 121 Å². The lowest BCUT2D eigenvalue weighted by Crippen LogP contribution is -2.29. The molecule has 0 aliphatic heterocycles. The van der Waals surface area contributed by atoms with Crippen LogP contribution in [0.25, 0.3) is 0 Å². The van der Waals surface area contributed by atoms with E-state index < -0.39 is 0 Å². The van der Waals surface area contributed by atoms with Crippen LogP contribution in [0.3, 0.4) is 0 Å². The van der Waals surface area contributed by atoms with Gasteiger partial charge in [0, 0.05) is 17.4 Å². The quantitative estimate of drug-likeness (QED) is 0.725. The third-order valence-corrected chi connectivity index (χ3v) is 5.02. The first-order valence-corrected chi connectivity index (χ1v) is 8.46. The Morgan fingerprint density at radius 1 is 1.21 bits per heavy atom. The van der Waals surface area contributed by atoms with Crippen molar-refractivity contribution in [2.24, 2.45) is 0 Å². The summed E-state index contributed by atoms with van der Waals surface area (Å²) in [6.45, 7) is 9.57. The van der Waals surface area contributed by atoms with Crippen LogP contribution in [0, 0.1) is 0 Å². The van der Waals surface area contributed by atoms with E-state index >= 15 is 0 Å². The second-order valence-electron chi connectivity index (χ2n) is 6.63. The normalized spacial score (nSPS) is 20.2. The smallest absolute Gasteiger partial charge is 0.125 e. The maximum Gasteiger partial charge on any atom is 0.125 e. The van der Waals surface area contributed by atoms with E-state index in [9.17, 15) is 0 Å². The molecule has 1 fully saturated rings. The minimum Gasteiger partial charge on any atom is -0.368 e. The molecule has 0 saturated heterocycles. The Kier molecular flexibility index (Phi) is 4.67. The Morgan fingerprint density at radius 2 is 1.84 bits per heavy atom. The Bertz CT molecular complexity index is 397. The third kappa shape index (κ3) is 3.38. The Balaban J connectivity index is 2.30. The second-order valence-corrected chi connectivity index (χ2v) is 7.49. The summed E-state index contributed by atoms with van der Waals surface area (Å²) in [5, 5.41) is 3.43. The van der Waals surface area contributed by atoms with E-state index in [1.807, 2.05) is 0 Å². The fourth-order valence-corrected chi connectivity index (χ4v) is 4.08. The molecule has 19 heavy (non-hydrogen) atoms. The second kappa shape index (κ2) is 5.92. The molecule has 3 heteroatoms. The largest absolute Gasteiger partial charge is 0.368 e. The predicted molar refractivity (Wildman–Crippen MR) is 81.8 cm³/mol. The van der Waals surface area contributed by atoms with Gasteiger partial charge in [0.1, 0.15) is 10.6 Å². The van der Waals surface area contributed by atoms with Crippen LogP contribution in [0.15, 0.2) is 5.38 Å². The molecule has 108 valence electrons. The van der Waals surface area contributed by atoms with Crippen LogP contribution < -0.4 is 0 Å². The van der Waals surface area contributed by atoms with Gasteiger partial charge in [0.2, 0.25) is 0 Å². The van der Waals surface area contributed by atoms with Crippen molar-refractivity contribution in [1.29, 1.82) is 0 Å². The van der Waals surface area contributed by atoms with Crippen LogP contribution in [0.1, 0.15) is 76.9 Å². The molecule has 0 unspecified atom stereocenters. The van der Waals surface area contributed by atoms with Crippen LogP contribution in [0.4, 0.5) is 0 Å². The molecule has 0 bridgehead atoms. The number of ether oxygens (including phenoxy) is 1. The van der Waals surface area contributed by atoms with Crippen molar-refractivity contribution in [2.75, 3.05) is 6.61 Å². The molecule has 1 aromatic heterocycles. The average molecular weight is 281 g/mol. The van der Waals surface area contributed by atoms with Crippen molar-refractivity contribution in [3.63, 3.8) is 0 Å². The van der Waals surface area contributed by atoms with E-state index in [0.717, 1.165) is 19.4 Å². The Morgan fingerprint density at radius 3 is 2.32 bits per heavy atom. The van der Waals surface area contributed by atoms with Gasteiger partial charge in [-0.2, -0.15) is 0 Å². The molecule has 1 aliphatic carbocycles. The zero-order valence-corrected chi connectivity index (χ0v) is 13.6. The summed E-state index contributed by atoms with van der Waals surface area (Å²) in [7, 11) is 0. The van der Waals surface area contributed by atoms with E-state index in [-0.39, 0.29) is 11.0 Å². The van der Waals surface area contributed by atoms with Gasteiger partial charge >= 0.3 is 0 Å². The first kappa shape index (κ1) is 15.0. The van der Waals surface area contributed by atoms with E-state index in [4.69, 9.17) is 9.72 Å². The highest BCUT2D eigenvalue weighted by Crippen LogP contribution is 2.41. The van der Waals surface area contributed by atoms with Gasteiger partial charge in [-0.05, 0) is 19.8 Å². The molecule has 1 aliphatic rings. The molecular formula is C16H27NOS. The van der Waals surface area contributed by atoms with Gasteiger partial charge in [-0.1, -0.05) is 46.5 Å².